The molecule has 28 heavy (non-hydrogen) atoms. The van der Waals surface area contributed by atoms with Crippen LogP contribution in [0.15, 0.2) is 72.8 Å². The molecule has 3 rings (SSSR count). The summed E-state index contributed by atoms with van der Waals surface area (Å²) in [6, 6.07) is 19.1. The summed E-state index contributed by atoms with van der Waals surface area (Å²) >= 11 is 0. The number of carbonyl (C=O) groups is 1. The molecular weight excluding hydrogens is 369 g/mol. The zero-order chi connectivity index (χ0) is 20.2. The van der Waals surface area contributed by atoms with E-state index in [0.717, 1.165) is 16.3 Å². The summed E-state index contributed by atoms with van der Waals surface area (Å²) in [5, 5.41) is 16.8. The molecule has 1 unspecified atom stereocenters. The van der Waals surface area contributed by atoms with E-state index in [1.165, 1.54) is 24.3 Å². The Bertz CT molecular complexity index is 955. The van der Waals surface area contributed by atoms with E-state index >= 15 is 0 Å². The van der Waals surface area contributed by atoms with Crippen LogP contribution < -0.4 is 10.6 Å². The molecule has 0 aliphatic carbocycles. The van der Waals surface area contributed by atoms with Gasteiger partial charge in [-0.3, -0.25) is 0 Å². The number of rotatable bonds is 5. The van der Waals surface area contributed by atoms with Gasteiger partial charge in [-0.25, -0.2) is 4.79 Å². The Balaban J connectivity index is 1.67. The van der Waals surface area contributed by atoms with Crippen molar-refractivity contribution >= 4 is 16.8 Å². The first-order valence-corrected chi connectivity index (χ1v) is 8.64. The molecular formula is C21H19F3N2O2. The maximum absolute atomic E-state index is 13.4. The van der Waals surface area contributed by atoms with Crippen molar-refractivity contribution in [3.8, 4) is 0 Å². The highest BCUT2D eigenvalue weighted by Gasteiger charge is 2.55. The van der Waals surface area contributed by atoms with E-state index in [-0.39, 0.29) is 12.1 Å². The zero-order valence-corrected chi connectivity index (χ0v) is 14.8. The topological polar surface area (TPSA) is 61.4 Å². The monoisotopic (exact) mass is 388 g/mol. The number of hydrogen-bond donors (Lipinski definition) is 3. The van der Waals surface area contributed by atoms with Crippen molar-refractivity contribution < 1.29 is 23.1 Å². The van der Waals surface area contributed by atoms with Crippen LogP contribution in [0.2, 0.25) is 0 Å². The van der Waals surface area contributed by atoms with Gasteiger partial charge < -0.3 is 15.7 Å². The summed E-state index contributed by atoms with van der Waals surface area (Å²) in [5.74, 6) is 0. The summed E-state index contributed by atoms with van der Waals surface area (Å²) in [6.07, 6.45) is -4.95. The molecule has 3 N–H and O–H groups in total. The van der Waals surface area contributed by atoms with Gasteiger partial charge in [0.25, 0.3) is 0 Å². The van der Waals surface area contributed by atoms with Crippen molar-refractivity contribution in [3.05, 3.63) is 83.9 Å². The third kappa shape index (κ3) is 4.09. The molecule has 0 aliphatic rings. The van der Waals surface area contributed by atoms with Crippen LogP contribution in [0.25, 0.3) is 10.8 Å². The molecule has 0 heterocycles. The maximum Gasteiger partial charge on any atom is 0.423 e. The van der Waals surface area contributed by atoms with E-state index in [9.17, 15) is 23.1 Å². The van der Waals surface area contributed by atoms with Crippen LogP contribution in [0.1, 0.15) is 11.1 Å². The molecule has 0 aromatic heterocycles. The van der Waals surface area contributed by atoms with Gasteiger partial charge in [-0.2, -0.15) is 13.2 Å². The highest BCUT2D eigenvalue weighted by molar-refractivity contribution is 5.86. The average Bonchev–Trinajstić information content (AvgIpc) is 2.70. The van der Waals surface area contributed by atoms with Gasteiger partial charge in [0.15, 0.2) is 0 Å². The molecule has 0 spiro atoms. The Morgan fingerprint density at radius 3 is 2.21 bits per heavy atom. The average molecular weight is 388 g/mol. The fourth-order valence-electron chi connectivity index (χ4n) is 2.97. The largest absolute Gasteiger partial charge is 0.423 e. The molecule has 7 heteroatoms. The van der Waals surface area contributed by atoms with E-state index in [2.05, 4.69) is 10.6 Å². The summed E-state index contributed by atoms with van der Waals surface area (Å²) in [6.45, 7) is -0.856. The van der Waals surface area contributed by atoms with Crippen LogP contribution in [-0.2, 0) is 12.1 Å². The summed E-state index contributed by atoms with van der Waals surface area (Å²) in [5.41, 5.74) is -2.68. The SMILES string of the molecule is O=C(NCc1cccc2ccccc12)NCC(O)(c1ccccc1)C(F)(F)F. The minimum atomic E-state index is -4.95. The molecule has 0 saturated heterocycles. The lowest BCUT2D eigenvalue weighted by atomic mass is 9.93. The number of fused-ring (bicyclic) bond motifs is 1. The molecule has 0 radical (unpaired) electrons. The van der Waals surface area contributed by atoms with Crippen LogP contribution >= 0.6 is 0 Å². The van der Waals surface area contributed by atoms with Gasteiger partial charge in [-0.1, -0.05) is 72.8 Å². The smallest absolute Gasteiger partial charge is 0.375 e. The second-order valence-electron chi connectivity index (χ2n) is 6.40. The first-order chi connectivity index (χ1) is 13.3. The Kier molecular flexibility index (Phi) is 5.56. The molecule has 3 aromatic carbocycles. The number of urea groups is 1. The molecule has 0 aliphatic heterocycles. The van der Waals surface area contributed by atoms with Gasteiger partial charge in [0.1, 0.15) is 0 Å². The first-order valence-electron chi connectivity index (χ1n) is 8.64. The Morgan fingerprint density at radius 1 is 0.857 bits per heavy atom. The number of amides is 2. The summed E-state index contributed by atoms with van der Waals surface area (Å²) < 4.78 is 40.3. The second-order valence-corrected chi connectivity index (χ2v) is 6.40. The van der Waals surface area contributed by atoms with Crippen molar-refractivity contribution in [1.82, 2.24) is 10.6 Å². The number of alkyl halides is 3. The number of carbonyl (C=O) groups excluding carboxylic acids is 1. The predicted octanol–water partition coefficient (Wildman–Crippen LogP) is 4.09. The molecule has 146 valence electrons. The lowest BCUT2D eigenvalue weighted by Crippen LogP contribution is -2.52. The fourth-order valence-corrected chi connectivity index (χ4v) is 2.97. The number of benzene rings is 3. The molecule has 0 fully saturated rings. The summed E-state index contributed by atoms with van der Waals surface area (Å²) in [7, 11) is 0. The van der Waals surface area contributed by atoms with Crippen molar-refractivity contribution in [2.45, 2.75) is 18.3 Å². The lowest BCUT2D eigenvalue weighted by Gasteiger charge is -2.31. The Hall–Kier alpha value is -3.06. The number of nitrogens with one attached hydrogen (secondary N) is 2. The molecule has 3 aromatic rings. The molecule has 2 amide bonds. The van der Waals surface area contributed by atoms with Gasteiger partial charge in [0.05, 0.1) is 6.54 Å². The minimum Gasteiger partial charge on any atom is -0.375 e. The first kappa shape index (κ1) is 19.7. The van der Waals surface area contributed by atoms with Crippen molar-refractivity contribution in [2.24, 2.45) is 0 Å². The third-order valence-corrected chi connectivity index (χ3v) is 4.54. The maximum atomic E-state index is 13.4. The number of aliphatic hydroxyl groups is 1. The van der Waals surface area contributed by atoms with Crippen LogP contribution in [0.5, 0.6) is 0 Å². The van der Waals surface area contributed by atoms with E-state index in [4.69, 9.17) is 0 Å². The van der Waals surface area contributed by atoms with Crippen molar-refractivity contribution in [3.63, 3.8) is 0 Å². The minimum absolute atomic E-state index is 0.142. The second kappa shape index (κ2) is 7.90. The molecule has 4 nitrogen and oxygen atoms in total. The van der Waals surface area contributed by atoms with Crippen molar-refractivity contribution in [1.29, 1.82) is 0 Å². The van der Waals surface area contributed by atoms with Crippen LogP contribution in [0.3, 0.4) is 0 Å². The zero-order valence-electron chi connectivity index (χ0n) is 14.8. The fraction of sp³-hybridized carbons (Fsp3) is 0.190. The van der Waals surface area contributed by atoms with Gasteiger partial charge in [-0.15, -0.1) is 0 Å². The Morgan fingerprint density at radius 2 is 1.50 bits per heavy atom. The van der Waals surface area contributed by atoms with E-state index in [1.54, 1.807) is 6.07 Å². The van der Waals surface area contributed by atoms with Crippen LogP contribution in [0, 0.1) is 0 Å². The van der Waals surface area contributed by atoms with Crippen molar-refractivity contribution in [2.75, 3.05) is 6.54 Å². The van der Waals surface area contributed by atoms with E-state index in [0.29, 0.717) is 0 Å². The molecule has 0 bridgehead atoms. The van der Waals surface area contributed by atoms with E-state index < -0.39 is 24.4 Å². The van der Waals surface area contributed by atoms with Gasteiger partial charge in [0, 0.05) is 6.54 Å². The molecule has 0 saturated carbocycles. The highest BCUT2D eigenvalue weighted by atomic mass is 19.4. The van der Waals surface area contributed by atoms with Gasteiger partial charge in [-0.05, 0) is 21.9 Å². The molecule has 1 atom stereocenters. The third-order valence-electron chi connectivity index (χ3n) is 4.54. The standard InChI is InChI=1S/C21H19F3N2O2/c22-21(23,24)20(28,17-10-2-1-3-11-17)14-26-19(27)25-13-16-9-6-8-15-7-4-5-12-18(15)16/h1-12,28H,13-14H2,(H2,25,26,27). The Labute approximate surface area is 160 Å². The lowest BCUT2D eigenvalue weighted by molar-refractivity contribution is -0.263. The highest BCUT2D eigenvalue weighted by Crippen LogP contribution is 2.38. The number of halogens is 3. The quantitative estimate of drug-likeness (QED) is 0.617. The number of hydrogen-bond acceptors (Lipinski definition) is 2. The van der Waals surface area contributed by atoms with Gasteiger partial charge in [0.2, 0.25) is 5.60 Å². The van der Waals surface area contributed by atoms with Crippen LogP contribution in [0.4, 0.5) is 18.0 Å². The predicted molar refractivity (Wildman–Crippen MR) is 101 cm³/mol. The summed E-state index contributed by atoms with van der Waals surface area (Å²) in [4.78, 5) is 12.1. The normalized spacial score (nSPS) is 13.7. The van der Waals surface area contributed by atoms with E-state index in [1.807, 2.05) is 42.5 Å². The van der Waals surface area contributed by atoms with Gasteiger partial charge >= 0.3 is 12.2 Å². The van der Waals surface area contributed by atoms with Crippen LogP contribution in [-0.4, -0.2) is 23.9 Å².